The first kappa shape index (κ1) is 15.6. The molecule has 0 aromatic carbocycles. The number of aryl methyl sites for hydroxylation is 1. The van der Waals surface area contributed by atoms with Crippen molar-refractivity contribution in [1.82, 2.24) is 10.2 Å². The molecular formula is C17H30N2O. The second-order valence-corrected chi connectivity index (χ2v) is 6.51. The van der Waals surface area contributed by atoms with E-state index in [-0.39, 0.29) is 0 Å². The maximum atomic E-state index is 5.94. The van der Waals surface area contributed by atoms with Gasteiger partial charge < -0.3 is 9.73 Å². The van der Waals surface area contributed by atoms with E-state index < -0.39 is 0 Å². The largest absolute Gasteiger partial charge is 0.465 e. The van der Waals surface area contributed by atoms with Gasteiger partial charge in [0.05, 0.1) is 6.54 Å². The third-order valence-corrected chi connectivity index (χ3v) is 3.90. The molecule has 0 aliphatic heterocycles. The maximum absolute atomic E-state index is 5.94. The Labute approximate surface area is 123 Å². The summed E-state index contributed by atoms with van der Waals surface area (Å²) in [5, 5.41) is 3.46. The number of hydrogen-bond donors (Lipinski definition) is 1. The summed E-state index contributed by atoms with van der Waals surface area (Å²) in [6.07, 6.45) is 4.05. The van der Waals surface area contributed by atoms with Crippen LogP contribution in [0.25, 0.3) is 0 Å². The lowest BCUT2D eigenvalue weighted by Gasteiger charge is -2.20. The molecule has 0 bridgehead atoms. The summed E-state index contributed by atoms with van der Waals surface area (Å²) in [5.74, 6) is 3.13. The average Bonchev–Trinajstić information content (AvgIpc) is 3.11. The van der Waals surface area contributed by atoms with E-state index in [1.807, 2.05) is 0 Å². The van der Waals surface area contributed by atoms with Crippen molar-refractivity contribution in [3.63, 3.8) is 0 Å². The zero-order chi connectivity index (χ0) is 14.5. The highest BCUT2D eigenvalue weighted by molar-refractivity contribution is 5.20. The molecule has 0 atom stereocenters. The molecule has 1 N–H and O–H groups in total. The highest BCUT2D eigenvalue weighted by Gasteiger charge is 2.24. The summed E-state index contributed by atoms with van der Waals surface area (Å²) in [4.78, 5) is 2.55. The third-order valence-electron chi connectivity index (χ3n) is 3.90. The Bertz CT molecular complexity index is 407. The van der Waals surface area contributed by atoms with Gasteiger partial charge in [-0.25, -0.2) is 0 Å². The van der Waals surface area contributed by atoms with Gasteiger partial charge in [0.25, 0.3) is 0 Å². The van der Waals surface area contributed by atoms with Crippen molar-refractivity contribution in [2.75, 3.05) is 13.1 Å². The molecule has 0 amide bonds. The van der Waals surface area contributed by atoms with Crippen molar-refractivity contribution in [3.8, 4) is 0 Å². The third kappa shape index (κ3) is 4.95. The van der Waals surface area contributed by atoms with Gasteiger partial charge in [-0.3, -0.25) is 4.90 Å². The van der Waals surface area contributed by atoms with Crippen LogP contribution in [0.5, 0.6) is 0 Å². The first-order valence-electron chi connectivity index (χ1n) is 8.12. The van der Waals surface area contributed by atoms with Gasteiger partial charge in [-0.15, -0.1) is 0 Å². The van der Waals surface area contributed by atoms with E-state index >= 15 is 0 Å². The molecular weight excluding hydrogens is 248 g/mol. The SMILES string of the molecule is CCCN(Cc1cc(CNC(C)C)c(C)o1)CC1CC1. The van der Waals surface area contributed by atoms with Gasteiger partial charge in [-0.1, -0.05) is 20.8 Å². The monoisotopic (exact) mass is 278 g/mol. The number of nitrogens with one attached hydrogen (secondary N) is 1. The molecule has 1 aromatic rings. The smallest absolute Gasteiger partial charge is 0.118 e. The molecule has 1 aliphatic rings. The number of furan rings is 1. The number of nitrogens with zero attached hydrogens (tertiary/aromatic N) is 1. The standard InChI is InChI=1S/C17H30N2O/c1-5-8-19(11-15-6-7-15)12-17-9-16(14(4)20-17)10-18-13(2)3/h9,13,15,18H,5-8,10-12H2,1-4H3. The lowest BCUT2D eigenvalue weighted by atomic mass is 10.2. The Morgan fingerprint density at radius 3 is 2.75 bits per heavy atom. The summed E-state index contributed by atoms with van der Waals surface area (Å²) < 4.78 is 5.94. The Balaban J connectivity index is 1.91. The van der Waals surface area contributed by atoms with Crippen LogP contribution in [0.4, 0.5) is 0 Å². The summed E-state index contributed by atoms with van der Waals surface area (Å²) in [7, 11) is 0. The second-order valence-electron chi connectivity index (χ2n) is 6.51. The second kappa shape index (κ2) is 7.28. The van der Waals surface area contributed by atoms with Crippen LogP contribution in [0, 0.1) is 12.8 Å². The van der Waals surface area contributed by atoms with E-state index in [4.69, 9.17) is 4.42 Å². The zero-order valence-electron chi connectivity index (χ0n) is 13.5. The quantitative estimate of drug-likeness (QED) is 0.746. The van der Waals surface area contributed by atoms with Gasteiger partial charge in [0.1, 0.15) is 11.5 Å². The minimum absolute atomic E-state index is 0.513. The van der Waals surface area contributed by atoms with Crippen LogP contribution in [0.2, 0.25) is 0 Å². The summed E-state index contributed by atoms with van der Waals surface area (Å²) in [6, 6.07) is 2.75. The number of hydrogen-bond acceptors (Lipinski definition) is 3. The molecule has 1 saturated carbocycles. The van der Waals surface area contributed by atoms with Crippen molar-refractivity contribution in [2.45, 2.75) is 66.1 Å². The van der Waals surface area contributed by atoms with Gasteiger partial charge in [0.2, 0.25) is 0 Å². The molecule has 1 heterocycles. The van der Waals surface area contributed by atoms with Crippen LogP contribution < -0.4 is 5.32 Å². The normalized spacial score (nSPS) is 15.5. The molecule has 1 fully saturated rings. The Hall–Kier alpha value is -0.800. The fraction of sp³-hybridized carbons (Fsp3) is 0.765. The van der Waals surface area contributed by atoms with Crippen molar-refractivity contribution in [3.05, 3.63) is 23.2 Å². The average molecular weight is 278 g/mol. The molecule has 1 aromatic heterocycles. The van der Waals surface area contributed by atoms with Crippen LogP contribution in [0.1, 0.15) is 57.1 Å². The fourth-order valence-corrected chi connectivity index (χ4v) is 2.59. The summed E-state index contributed by atoms with van der Waals surface area (Å²) in [5.41, 5.74) is 1.30. The van der Waals surface area contributed by atoms with E-state index in [0.717, 1.165) is 30.5 Å². The van der Waals surface area contributed by atoms with E-state index in [9.17, 15) is 0 Å². The molecule has 0 unspecified atom stereocenters. The molecule has 0 radical (unpaired) electrons. The van der Waals surface area contributed by atoms with Gasteiger partial charge in [-0.2, -0.15) is 0 Å². The minimum atomic E-state index is 0.513. The van der Waals surface area contributed by atoms with E-state index in [2.05, 4.69) is 44.0 Å². The number of rotatable bonds is 9. The van der Waals surface area contributed by atoms with E-state index in [0.29, 0.717) is 6.04 Å². The maximum Gasteiger partial charge on any atom is 0.118 e. The van der Waals surface area contributed by atoms with Crippen molar-refractivity contribution < 1.29 is 4.42 Å². The molecule has 114 valence electrons. The van der Waals surface area contributed by atoms with Crippen LogP contribution in [0.3, 0.4) is 0 Å². The molecule has 3 nitrogen and oxygen atoms in total. The summed E-state index contributed by atoms with van der Waals surface area (Å²) >= 11 is 0. The lowest BCUT2D eigenvalue weighted by molar-refractivity contribution is 0.233. The zero-order valence-corrected chi connectivity index (χ0v) is 13.5. The molecule has 20 heavy (non-hydrogen) atoms. The molecule has 1 aliphatic carbocycles. The van der Waals surface area contributed by atoms with E-state index in [1.165, 1.54) is 37.9 Å². The van der Waals surface area contributed by atoms with Gasteiger partial charge in [0.15, 0.2) is 0 Å². The van der Waals surface area contributed by atoms with Gasteiger partial charge in [0, 0.05) is 24.7 Å². The Morgan fingerprint density at radius 1 is 1.40 bits per heavy atom. The van der Waals surface area contributed by atoms with Crippen molar-refractivity contribution in [2.24, 2.45) is 5.92 Å². The van der Waals surface area contributed by atoms with Crippen LogP contribution in [0.15, 0.2) is 10.5 Å². The van der Waals surface area contributed by atoms with Crippen LogP contribution >= 0.6 is 0 Å². The lowest BCUT2D eigenvalue weighted by Crippen LogP contribution is -2.26. The van der Waals surface area contributed by atoms with Crippen LogP contribution in [-0.4, -0.2) is 24.0 Å². The first-order valence-corrected chi connectivity index (χ1v) is 8.12. The summed E-state index contributed by atoms with van der Waals surface area (Å²) in [6.45, 7) is 13.0. The Kier molecular flexibility index (Phi) is 5.67. The van der Waals surface area contributed by atoms with Crippen LogP contribution in [-0.2, 0) is 13.1 Å². The van der Waals surface area contributed by atoms with Gasteiger partial charge in [-0.05, 0) is 44.7 Å². The van der Waals surface area contributed by atoms with Gasteiger partial charge >= 0.3 is 0 Å². The highest BCUT2D eigenvalue weighted by Crippen LogP contribution is 2.30. The molecule has 2 rings (SSSR count). The molecule has 0 saturated heterocycles. The first-order chi connectivity index (χ1) is 9.58. The predicted octanol–water partition coefficient (Wildman–Crippen LogP) is 3.71. The van der Waals surface area contributed by atoms with E-state index in [1.54, 1.807) is 0 Å². The highest BCUT2D eigenvalue weighted by atomic mass is 16.3. The predicted molar refractivity (Wildman–Crippen MR) is 83.7 cm³/mol. The fourth-order valence-electron chi connectivity index (χ4n) is 2.59. The van der Waals surface area contributed by atoms with Crippen molar-refractivity contribution in [1.29, 1.82) is 0 Å². The topological polar surface area (TPSA) is 28.4 Å². The minimum Gasteiger partial charge on any atom is -0.465 e. The molecule has 3 heteroatoms. The molecule has 0 spiro atoms. The van der Waals surface area contributed by atoms with Crippen molar-refractivity contribution >= 4 is 0 Å². The Morgan fingerprint density at radius 2 is 2.15 bits per heavy atom.